The van der Waals surface area contributed by atoms with E-state index in [4.69, 9.17) is 4.42 Å². The van der Waals surface area contributed by atoms with Gasteiger partial charge >= 0.3 is 0 Å². The normalized spacial score (nSPS) is 11.9. The van der Waals surface area contributed by atoms with Crippen LogP contribution in [0.3, 0.4) is 0 Å². The topological polar surface area (TPSA) is 80.0 Å². The number of rotatable bonds is 10. The summed E-state index contributed by atoms with van der Waals surface area (Å²) in [4.78, 5) is 12.1. The maximum Gasteiger partial charge on any atom is 0.230 e. The van der Waals surface area contributed by atoms with Gasteiger partial charge in [0.25, 0.3) is 0 Å². The lowest BCUT2D eigenvalue weighted by Gasteiger charge is -2.13. The summed E-state index contributed by atoms with van der Waals surface area (Å²) < 4.78 is 6.03. The molecule has 142 valence electrons. The molecular formula is C19H22N4O2S2. The Hall–Kier alpha value is -2.32. The van der Waals surface area contributed by atoms with Crippen LogP contribution in [0.1, 0.15) is 24.7 Å². The van der Waals surface area contributed by atoms with Gasteiger partial charge in [0.05, 0.1) is 18.6 Å². The number of furan rings is 1. The van der Waals surface area contributed by atoms with Gasteiger partial charge in [-0.05, 0) is 37.5 Å². The fourth-order valence-corrected chi connectivity index (χ4v) is 4.02. The zero-order valence-corrected chi connectivity index (χ0v) is 16.7. The number of nitrogens with one attached hydrogen (secondary N) is 2. The Morgan fingerprint density at radius 3 is 2.85 bits per heavy atom. The third kappa shape index (κ3) is 6.73. The first kappa shape index (κ1) is 19.4. The summed E-state index contributed by atoms with van der Waals surface area (Å²) in [7, 11) is 0. The number of hydrogen-bond acceptors (Lipinski definition) is 7. The van der Waals surface area contributed by atoms with Crippen LogP contribution in [0.15, 0.2) is 57.5 Å². The van der Waals surface area contributed by atoms with Crippen molar-refractivity contribution in [3.05, 3.63) is 60.1 Å². The van der Waals surface area contributed by atoms with Crippen molar-refractivity contribution in [2.24, 2.45) is 0 Å². The van der Waals surface area contributed by atoms with Crippen LogP contribution in [0.4, 0.5) is 5.13 Å². The van der Waals surface area contributed by atoms with Crippen LogP contribution in [0.5, 0.6) is 0 Å². The second-order valence-electron chi connectivity index (χ2n) is 6.09. The van der Waals surface area contributed by atoms with Crippen LogP contribution >= 0.6 is 23.1 Å². The van der Waals surface area contributed by atoms with Crippen LogP contribution in [0, 0.1) is 0 Å². The number of carbonyl (C=O) groups excluding carboxylic acids is 1. The van der Waals surface area contributed by atoms with E-state index in [-0.39, 0.29) is 11.9 Å². The maximum absolute atomic E-state index is 12.1. The molecule has 1 amide bonds. The van der Waals surface area contributed by atoms with Crippen molar-refractivity contribution in [1.82, 2.24) is 15.5 Å². The minimum absolute atomic E-state index is 0.0147. The van der Waals surface area contributed by atoms with E-state index in [0.29, 0.717) is 17.4 Å². The quantitative estimate of drug-likeness (QED) is 0.500. The molecule has 0 spiro atoms. The Labute approximate surface area is 166 Å². The third-order valence-electron chi connectivity index (χ3n) is 3.84. The largest absolute Gasteiger partial charge is 0.467 e. The van der Waals surface area contributed by atoms with Crippen LogP contribution < -0.4 is 10.6 Å². The van der Waals surface area contributed by atoms with Crippen molar-refractivity contribution in [3.63, 3.8) is 0 Å². The number of thioether (sulfide) groups is 1. The third-order valence-corrected chi connectivity index (χ3v) is 5.86. The molecule has 0 saturated carbocycles. The molecule has 0 saturated heterocycles. The Kier molecular flexibility index (Phi) is 7.29. The first-order chi connectivity index (χ1) is 13.2. The minimum Gasteiger partial charge on any atom is -0.467 e. The molecule has 2 aromatic heterocycles. The Morgan fingerprint density at radius 2 is 2.07 bits per heavy atom. The number of aryl methyl sites for hydroxylation is 1. The number of amides is 1. The highest BCUT2D eigenvalue weighted by atomic mass is 32.2. The number of hydrogen-bond donors (Lipinski definition) is 2. The Bertz CT molecular complexity index is 821. The molecule has 0 fully saturated rings. The summed E-state index contributed by atoms with van der Waals surface area (Å²) in [5.41, 5.74) is 1.29. The molecule has 0 aliphatic carbocycles. The van der Waals surface area contributed by atoms with Crippen molar-refractivity contribution in [1.29, 1.82) is 0 Å². The van der Waals surface area contributed by atoms with E-state index in [1.54, 1.807) is 6.26 Å². The molecule has 0 aliphatic rings. The average Bonchev–Trinajstić information content (AvgIpc) is 3.36. The van der Waals surface area contributed by atoms with Gasteiger partial charge < -0.3 is 15.1 Å². The molecule has 3 aromatic rings. The molecule has 1 aromatic carbocycles. The van der Waals surface area contributed by atoms with E-state index in [1.807, 2.05) is 37.3 Å². The van der Waals surface area contributed by atoms with Crippen molar-refractivity contribution in [3.8, 4) is 0 Å². The second kappa shape index (κ2) is 10.1. The molecule has 0 unspecified atom stereocenters. The molecule has 0 aliphatic heterocycles. The van der Waals surface area contributed by atoms with Gasteiger partial charge in [0.1, 0.15) is 5.76 Å². The molecule has 1 atom stereocenters. The van der Waals surface area contributed by atoms with Crippen LogP contribution in [0.25, 0.3) is 0 Å². The average molecular weight is 403 g/mol. The molecular weight excluding hydrogens is 380 g/mol. The first-order valence-corrected chi connectivity index (χ1v) is 10.5. The summed E-state index contributed by atoms with van der Waals surface area (Å²) in [5, 5.41) is 15.1. The highest BCUT2D eigenvalue weighted by Gasteiger charge is 2.11. The molecule has 2 N–H and O–H groups in total. The number of benzene rings is 1. The molecule has 3 rings (SSSR count). The zero-order chi connectivity index (χ0) is 18.9. The van der Waals surface area contributed by atoms with E-state index in [0.717, 1.165) is 22.9 Å². The lowest BCUT2D eigenvalue weighted by Crippen LogP contribution is -2.34. The van der Waals surface area contributed by atoms with Crippen LogP contribution in [-0.4, -0.2) is 27.9 Å². The molecule has 0 bridgehead atoms. The highest BCUT2D eigenvalue weighted by Crippen LogP contribution is 2.25. The fraction of sp³-hybridized carbons (Fsp3) is 0.316. The van der Waals surface area contributed by atoms with Gasteiger partial charge in [-0.2, -0.15) is 0 Å². The van der Waals surface area contributed by atoms with E-state index < -0.39 is 0 Å². The van der Waals surface area contributed by atoms with Gasteiger partial charge in [0, 0.05) is 6.04 Å². The van der Waals surface area contributed by atoms with E-state index in [1.165, 1.54) is 28.7 Å². The van der Waals surface area contributed by atoms with E-state index in [2.05, 4.69) is 33.0 Å². The Balaban J connectivity index is 1.35. The predicted octanol–water partition coefficient (Wildman–Crippen LogP) is 3.97. The number of anilines is 1. The van der Waals surface area contributed by atoms with Gasteiger partial charge in [-0.3, -0.25) is 4.79 Å². The standard InChI is InChI=1S/C19H22N4O2S2/c1-14(9-10-15-6-3-2-4-7-15)21-17(24)13-26-19-23-22-18(27-19)20-12-16-8-5-11-25-16/h2-8,11,14H,9-10,12-13H2,1H3,(H,20,22)(H,21,24)/t14-/m0/s1. The first-order valence-electron chi connectivity index (χ1n) is 8.75. The van der Waals surface area contributed by atoms with E-state index >= 15 is 0 Å². The lowest BCUT2D eigenvalue weighted by atomic mass is 10.1. The predicted molar refractivity (Wildman–Crippen MR) is 109 cm³/mol. The minimum atomic E-state index is 0.0147. The monoisotopic (exact) mass is 402 g/mol. The summed E-state index contributed by atoms with van der Waals surface area (Å²) in [5.74, 6) is 1.19. The summed E-state index contributed by atoms with van der Waals surface area (Å²) in [6, 6.07) is 14.2. The van der Waals surface area contributed by atoms with Gasteiger partial charge in [-0.25, -0.2) is 0 Å². The van der Waals surface area contributed by atoms with Crippen molar-refractivity contribution >= 4 is 34.1 Å². The number of carbonyl (C=O) groups is 1. The summed E-state index contributed by atoms with van der Waals surface area (Å²) in [6.45, 7) is 2.60. The molecule has 27 heavy (non-hydrogen) atoms. The Morgan fingerprint density at radius 1 is 1.22 bits per heavy atom. The maximum atomic E-state index is 12.1. The SMILES string of the molecule is C[C@@H](CCc1ccccc1)NC(=O)CSc1nnc(NCc2ccco2)s1. The lowest BCUT2D eigenvalue weighted by molar-refractivity contribution is -0.119. The van der Waals surface area contributed by atoms with Crippen molar-refractivity contribution in [2.45, 2.75) is 36.7 Å². The van der Waals surface area contributed by atoms with E-state index in [9.17, 15) is 4.79 Å². The fourth-order valence-electron chi connectivity index (χ4n) is 2.46. The highest BCUT2D eigenvalue weighted by molar-refractivity contribution is 8.01. The smallest absolute Gasteiger partial charge is 0.230 e. The zero-order valence-electron chi connectivity index (χ0n) is 15.1. The summed E-state index contributed by atoms with van der Waals surface area (Å²) >= 11 is 2.83. The van der Waals surface area contributed by atoms with Crippen molar-refractivity contribution < 1.29 is 9.21 Å². The molecule has 2 heterocycles. The van der Waals surface area contributed by atoms with Gasteiger partial charge in [-0.15, -0.1) is 10.2 Å². The van der Waals surface area contributed by atoms with Crippen molar-refractivity contribution in [2.75, 3.05) is 11.1 Å². The van der Waals surface area contributed by atoms with Gasteiger partial charge in [-0.1, -0.05) is 53.4 Å². The second-order valence-corrected chi connectivity index (χ2v) is 8.29. The van der Waals surface area contributed by atoms with Gasteiger partial charge in [0.2, 0.25) is 11.0 Å². The summed E-state index contributed by atoms with van der Waals surface area (Å²) in [6.07, 6.45) is 3.51. The van der Waals surface area contributed by atoms with Crippen LogP contribution in [0.2, 0.25) is 0 Å². The number of nitrogens with zero attached hydrogens (tertiary/aromatic N) is 2. The molecule has 8 heteroatoms. The molecule has 0 radical (unpaired) electrons. The number of aromatic nitrogens is 2. The molecule has 6 nitrogen and oxygen atoms in total. The van der Waals surface area contributed by atoms with Crippen LogP contribution in [-0.2, 0) is 17.8 Å². The van der Waals surface area contributed by atoms with Gasteiger partial charge in [0.15, 0.2) is 4.34 Å².